The number of methoxy groups -OCH3 is 1. The first kappa shape index (κ1) is 25.2. The molecule has 10 heteroatoms. The van der Waals surface area contributed by atoms with Crippen molar-refractivity contribution in [1.29, 1.82) is 0 Å². The van der Waals surface area contributed by atoms with Crippen molar-refractivity contribution in [3.63, 3.8) is 0 Å². The van der Waals surface area contributed by atoms with Crippen molar-refractivity contribution in [2.45, 2.75) is 19.9 Å². The molecule has 0 bridgehead atoms. The fourth-order valence-electron chi connectivity index (χ4n) is 3.18. The molecule has 0 aliphatic heterocycles. The van der Waals surface area contributed by atoms with Crippen molar-refractivity contribution < 1.29 is 14.3 Å². The van der Waals surface area contributed by atoms with Gasteiger partial charge in [0.05, 0.1) is 17.2 Å². The third-order valence-electron chi connectivity index (χ3n) is 4.90. The van der Waals surface area contributed by atoms with Gasteiger partial charge in [-0.15, -0.1) is 0 Å². The van der Waals surface area contributed by atoms with Crippen LogP contribution in [0.5, 0.6) is 17.5 Å². The Morgan fingerprint density at radius 3 is 2.17 bits per heavy atom. The number of halogens is 2. The molecule has 3 aromatic carbocycles. The number of para-hydroxylation sites is 1. The van der Waals surface area contributed by atoms with E-state index in [1.165, 1.54) is 0 Å². The van der Waals surface area contributed by atoms with Gasteiger partial charge in [-0.3, -0.25) is 4.79 Å². The zero-order valence-electron chi connectivity index (χ0n) is 19.8. The van der Waals surface area contributed by atoms with E-state index in [0.29, 0.717) is 32.9 Å². The smallest absolute Gasteiger partial charge is 0.327 e. The Morgan fingerprint density at radius 2 is 1.56 bits per heavy atom. The summed E-state index contributed by atoms with van der Waals surface area (Å²) in [7, 11) is 1.59. The molecule has 1 amide bonds. The lowest BCUT2D eigenvalue weighted by molar-refractivity contribution is 0.0943. The third-order valence-corrected chi connectivity index (χ3v) is 5.49. The van der Waals surface area contributed by atoms with E-state index in [9.17, 15) is 4.79 Å². The number of hydrogen-bond donors (Lipinski definition) is 2. The summed E-state index contributed by atoms with van der Waals surface area (Å²) in [5.74, 6) is 1.38. The van der Waals surface area contributed by atoms with E-state index in [0.717, 1.165) is 5.56 Å². The second-order valence-electron chi connectivity index (χ2n) is 7.98. The first-order valence-electron chi connectivity index (χ1n) is 11.0. The van der Waals surface area contributed by atoms with Gasteiger partial charge in [0.2, 0.25) is 5.95 Å². The molecule has 36 heavy (non-hydrogen) atoms. The van der Waals surface area contributed by atoms with Crippen LogP contribution in [-0.4, -0.2) is 34.0 Å². The van der Waals surface area contributed by atoms with Crippen molar-refractivity contribution in [2.75, 3.05) is 12.4 Å². The maximum absolute atomic E-state index is 12.2. The van der Waals surface area contributed by atoms with E-state index < -0.39 is 0 Å². The topological polar surface area (TPSA) is 98.3 Å². The van der Waals surface area contributed by atoms with E-state index in [4.69, 9.17) is 32.7 Å². The van der Waals surface area contributed by atoms with Crippen molar-refractivity contribution in [1.82, 2.24) is 20.3 Å². The molecule has 2 N–H and O–H groups in total. The summed E-state index contributed by atoms with van der Waals surface area (Å²) >= 11 is 12.5. The van der Waals surface area contributed by atoms with Crippen LogP contribution in [-0.2, 0) is 0 Å². The van der Waals surface area contributed by atoms with Gasteiger partial charge < -0.3 is 20.1 Å². The molecule has 0 radical (unpaired) electrons. The normalized spacial score (nSPS) is 10.7. The maximum atomic E-state index is 12.2. The zero-order chi connectivity index (χ0) is 25.7. The number of amides is 1. The fourth-order valence-corrected chi connectivity index (χ4v) is 3.65. The summed E-state index contributed by atoms with van der Waals surface area (Å²) in [5, 5.41) is 6.63. The molecule has 0 saturated heterocycles. The molecule has 8 nitrogen and oxygen atoms in total. The molecule has 4 aromatic rings. The van der Waals surface area contributed by atoms with Gasteiger partial charge in [0, 0.05) is 22.9 Å². The summed E-state index contributed by atoms with van der Waals surface area (Å²) in [5.41, 5.74) is 1.93. The molecule has 184 valence electrons. The predicted octanol–water partition coefficient (Wildman–Crippen LogP) is 6.53. The average Bonchev–Trinajstić information content (AvgIpc) is 2.86. The molecule has 4 rings (SSSR count). The Hall–Kier alpha value is -3.88. The fraction of sp³-hybridized carbons (Fsp3) is 0.154. The number of carbonyl (C=O) groups excluding carboxylic acids is 1. The van der Waals surface area contributed by atoms with Crippen molar-refractivity contribution in [2.24, 2.45) is 0 Å². The van der Waals surface area contributed by atoms with Crippen LogP contribution in [0.1, 0.15) is 24.2 Å². The molecule has 0 atom stereocenters. The predicted molar refractivity (Wildman–Crippen MR) is 141 cm³/mol. The first-order chi connectivity index (χ1) is 17.3. The molecule has 1 aromatic heterocycles. The largest absolute Gasteiger partial charge is 0.497 e. The molecule has 0 unspecified atom stereocenters. The van der Waals surface area contributed by atoms with Crippen LogP contribution < -0.4 is 20.1 Å². The van der Waals surface area contributed by atoms with Gasteiger partial charge in [-0.1, -0.05) is 29.3 Å². The van der Waals surface area contributed by atoms with E-state index >= 15 is 0 Å². The first-order valence-corrected chi connectivity index (χ1v) is 11.8. The summed E-state index contributed by atoms with van der Waals surface area (Å²) in [6.07, 6.45) is 0. The van der Waals surface area contributed by atoms with Gasteiger partial charge in [0.25, 0.3) is 5.91 Å². The lowest BCUT2D eigenvalue weighted by Gasteiger charge is -2.12. The van der Waals surface area contributed by atoms with Crippen LogP contribution in [0.25, 0.3) is 11.4 Å². The number of nitrogens with zero attached hydrogens (tertiary/aromatic N) is 3. The second-order valence-corrected chi connectivity index (χ2v) is 8.79. The Morgan fingerprint density at radius 1 is 0.889 bits per heavy atom. The van der Waals surface area contributed by atoms with Crippen LogP contribution in [0, 0.1) is 0 Å². The minimum absolute atomic E-state index is 0.00116. The number of anilines is 2. The van der Waals surface area contributed by atoms with Gasteiger partial charge in [0.15, 0.2) is 11.6 Å². The van der Waals surface area contributed by atoms with Gasteiger partial charge in [-0.25, -0.2) is 0 Å². The quantitative estimate of drug-likeness (QED) is 0.271. The van der Waals surface area contributed by atoms with Crippen LogP contribution in [0.2, 0.25) is 10.0 Å². The third kappa shape index (κ3) is 6.21. The summed E-state index contributed by atoms with van der Waals surface area (Å²) in [6, 6.07) is 19.3. The number of carbonyl (C=O) groups is 1. The zero-order valence-corrected chi connectivity index (χ0v) is 21.3. The average molecular weight is 524 g/mol. The maximum Gasteiger partial charge on any atom is 0.327 e. The number of ether oxygens (including phenoxy) is 2. The number of hydrogen-bond acceptors (Lipinski definition) is 7. The standard InChI is InChI=1S/C26H23Cl2N5O3/c1-15(2)29-24(34)17-7-11-18(12-8-17)30-25-31-23(16-9-13-19(35-3)14-10-16)32-26(33-25)36-22-20(27)5-4-6-21(22)28/h4-15H,1-3H3,(H,29,34)(H,30,31,32,33). The van der Waals surface area contributed by atoms with Crippen LogP contribution in [0.3, 0.4) is 0 Å². The van der Waals surface area contributed by atoms with Crippen LogP contribution in [0.15, 0.2) is 66.7 Å². The van der Waals surface area contributed by atoms with E-state index in [-0.39, 0.29) is 29.7 Å². The second kappa shape index (κ2) is 11.2. The Bertz CT molecular complexity index is 1340. The highest BCUT2D eigenvalue weighted by atomic mass is 35.5. The molecule has 0 saturated carbocycles. The number of rotatable bonds is 8. The van der Waals surface area contributed by atoms with Crippen molar-refractivity contribution in [3.05, 3.63) is 82.3 Å². The van der Waals surface area contributed by atoms with E-state index in [1.54, 1.807) is 61.7 Å². The van der Waals surface area contributed by atoms with E-state index in [1.807, 2.05) is 26.0 Å². The molecule has 0 aliphatic carbocycles. The summed E-state index contributed by atoms with van der Waals surface area (Å²) < 4.78 is 11.1. The number of nitrogens with one attached hydrogen (secondary N) is 2. The highest BCUT2D eigenvalue weighted by Gasteiger charge is 2.15. The van der Waals surface area contributed by atoms with Gasteiger partial charge in [-0.05, 0) is 74.5 Å². The van der Waals surface area contributed by atoms with Gasteiger partial charge >= 0.3 is 6.01 Å². The Labute approximate surface area is 218 Å². The Balaban J connectivity index is 1.67. The van der Waals surface area contributed by atoms with Crippen LogP contribution >= 0.6 is 23.2 Å². The van der Waals surface area contributed by atoms with Crippen molar-refractivity contribution in [3.8, 4) is 28.9 Å². The molecule has 0 aliphatic rings. The van der Waals surface area contributed by atoms with Gasteiger partial charge in [0.1, 0.15) is 5.75 Å². The number of aromatic nitrogens is 3. The summed E-state index contributed by atoms with van der Waals surface area (Å²) in [6.45, 7) is 3.81. The Kier molecular flexibility index (Phi) is 7.87. The summed E-state index contributed by atoms with van der Waals surface area (Å²) in [4.78, 5) is 25.6. The molecule has 0 spiro atoms. The monoisotopic (exact) mass is 523 g/mol. The lowest BCUT2D eigenvalue weighted by Crippen LogP contribution is -2.29. The van der Waals surface area contributed by atoms with Crippen molar-refractivity contribution >= 4 is 40.7 Å². The van der Waals surface area contributed by atoms with Crippen LogP contribution in [0.4, 0.5) is 11.6 Å². The van der Waals surface area contributed by atoms with E-state index in [2.05, 4.69) is 25.6 Å². The molecular formula is C26H23Cl2N5O3. The molecule has 1 heterocycles. The molecular weight excluding hydrogens is 501 g/mol. The minimum atomic E-state index is -0.147. The SMILES string of the molecule is COc1ccc(-c2nc(Nc3ccc(C(=O)NC(C)C)cc3)nc(Oc3c(Cl)cccc3Cl)n2)cc1. The minimum Gasteiger partial charge on any atom is -0.497 e. The number of benzene rings is 3. The highest BCUT2D eigenvalue weighted by Crippen LogP contribution is 2.35. The highest BCUT2D eigenvalue weighted by molar-refractivity contribution is 6.37. The molecule has 0 fully saturated rings. The van der Waals surface area contributed by atoms with Gasteiger partial charge in [-0.2, -0.15) is 15.0 Å². The lowest BCUT2D eigenvalue weighted by atomic mass is 10.2.